The molecule has 0 heterocycles. The third-order valence-corrected chi connectivity index (χ3v) is 3.29. The highest BCUT2D eigenvalue weighted by Crippen LogP contribution is 2.28. The van der Waals surface area contributed by atoms with Crippen LogP contribution in [0.15, 0.2) is 12.1 Å². The minimum Gasteiger partial charge on any atom is -0.496 e. The summed E-state index contributed by atoms with van der Waals surface area (Å²) in [4.78, 5) is 11.1. The van der Waals surface area contributed by atoms with Crippen molar-refractivity contribution in [1.29, 1.82) is 0 Å². The minimum absolute atomic E-state index is 0.221. The van der Waals surface area contributed by atoms with Crippen molar-refractivity contribution >= 4 is 5.78 Å². The molecule has 1 atom stereocenters. The van der Waals surface area contributed by atoms with Crippen LogP contribution in [-0.4, -0.2) is 19.9 Å². The molecule has 18 heavy (non-hydrogen) atoms. The van der Waals surface area contributed by atoms with Gasteiger partial charge in [-0.05, 0) is 57.0 Å². The van der Waals surface area contributed by atoms with E-state index >= 15 is 0 Å². The number of nitrogens with one attached hydrogen (secondary N) is 1. The Kier molecular flexibility index (Phi) is 5.35. The standard InChI is InChI=1S/C15H23NO2/c1-10-9-15(18-5)11(2)8-13(10)14(16-4)7-6-12(3)17/h8-9,14,16H,6-7H2,1-5H3. The molecule has 0 radical (unpaired) electrons. The number of hydrogen-bond acceptors (Lipinski definition) is 3. The molecule has 0 aliphatic carbocycles. The van der Waals surface area contributed by atoms with E-state index in [0.717, 1.165) is 17.7 Å². The monoisotopic (exact) mass is 249 g/mol. The summed E-state index contributed by atoms with van der Waals surface area (Å²) >= 11 is 0. The smallest absolute Gasteiger partial charge is 0.129 e. The average Bonchev–Trinajstić information content (AvgIpc) is 2.33. The Hall–Kier alpha value is -1.35. The molecule has 100 valence electrons. The predicted octanol–water partition coefficient (Wildman–Crippen LogP) is 2.94. The van der Waals surface area contributed by atoms with Crippen LogP contribution in [0.4, 0.5) is 0 Å². The maximum atomic E-state index is 11.1. The largest absolute Gasteiger partial charge is 0.496 e. The number of hydrogen-bond donors (Lipinski definition) is 1. The predicted molar refractivity (Wildman–Crippen MR) is 74.2 cm³/mol. The van der Waals surface area contributed by atoms with Crippen LogP contribution in [0.25, 0.3) is 0 Å². The quantitative estimate of drug-likeness (QED) is 0.842. The number of ketones is 1. The van der Waals surface area contributed by atoms with Gasteiger partial charge in [-0.2, -0.15) is 0 Å². The van der Waals surface area contributed by atoms with Crippen molar-refractivity contribution < 1.29 is 9.53 Å². The molecule has 0 fully saturated rings. The molecule has 1 aromatic carbocycles. The van der Waals surface area contributed by atoms with Crippen molar-refractivity contribution in [3.05, 3.63) is 28.8 Å². The van der Waals surface area contributed by atoms with Crippen LogP contribution in [0, 0.1) is 13.8 Å². The van der Waals surface area contributed by atoms with Gasteiger partial charge >= 0.3 is 0 Å². The fourth-order valence-electron chi connectivity index (χ4n) is 2.21. The third kappa shape index (κ3) is 3.57. The SMILES string of the molecule is CNC(CCC(C)=O)c1cc(C)c(OC)cc1C. The number of Topliss-reactive ketones (excluding diaryl/α,β-unsaturated/α-hetero) is 1. The molecular weight excluding hydrogens is 226 g/mol. The van der Waals surface area contributed by atoms with E-state index in [-0.39, 0.29) is 11.8 Å². The van der Waals surface area contributed by atoms with Crippen molar-refractivity contribution in [2.45, 2.75) is 39.7 Å². The summed E-state index contributed by atoms with van der Waals surface area (Å²) in [5.74, 6) is 1.15. The fourth-order valence-corrected chi connectivity index (χ4v) is 2.21. The lowest BCUT2D eigenvalue weighted by Crippen LogP contribution is -2.18. The van der Waals surface area contributed by atoms with Gasteiger partial charge in [0, 0.05) is 12.5 Å². The molecule has 0 bridgehead atoms. The lowest BCUT2D eigenvalue weighted by molar-refractivity contribution is -0.117. The molecule has 0 aliphatic heterocycles. The summed E-state index contributed by atoms with van der Waals surface area (Å²) in [6.45, 7) is 5.76. The van der Waals surface area contributed by atoms with Gasteiger partial charge in [0.2, 0.25) is 0 Å². The van der Waals surface area contributed by atoms with Gasteiger partial charge in [0.05, 0.1) is 7.11 Å². The summed E-state index contributed by atoms with van der Waals surface area (Å²) in [6.07, 6.45) is 1.44. The van der Waals surface area contributed by atoms with Crippen LogP contribution in [0.3, 0.4) is 0 Å². The molecule has 1 unspecified atom stereocenters. The Labute approximate surface area is 110 Å². The van der Waals surface area contributed by atoms with Crippen LogP contribution in [0.2, 0.25) is 0 Å². The van der Waals surface area contributed by atoms with Gasteiger partial charge in [0.15, 0.2) is 0 Å². The van der Waals surface area contributed by atoms with Gasteiger partial charge in [-0.3, -0.25) is 0 Å². The van der Waals surface area contributed by atoms with Crippen LogP contribution >= 0.6 is 0 Å². The van der Waals surface area contributed by atoms with E-state index in [0.29, 0.717) is 6.42 Å². The van der Waals surface area contributed by atoms with E-state index in [9.17, 15) is 4.79 Å². The molecule has 0 aromatic heterocycles. The van der Waals surface area contributed by atoms with E-state index in [1.54, 1.807) is 14.0 Å². The van der Waals surface area contributed by atoms with Gasteiger partial charge in [-0.1, -0.05) is 6.07 Å². The van der Waals surface area contributed by atoms with Crippen molar-refractivity contribution in [2.75, 3.05) is 14.2 Å². The van der Waals surface area contributed by atoms with E-state index < -0.39 is 0 Å². The highest BCUT2D eigenvalue weighted by atomic mass is 16.5. The van der Waals surface area contributed by atoms with E-state index in [2.05, 4.69) is 24.4 Å². The van der Waals surface area contributed by atoms with Gasteiger partial charge in [-0.25, -0.2) is 0 Å². The normalized spacial score (nSPS) is 12.3. The highest BCUT2D eigenvalue weighted by molar-refractivity contribution is 5.75. The van der Waals surface area contributed by atoms with Gasteiger partial charge in [-0.15, -0.1) is 0 Å². The van der Waals surface area contributed by atoms with Gasteiger partial charge < -0.3 is 14.8 Å². The minimum atomic E-state index is 0.221. The summed E-state index contributed by atoms with van der Waals surface area (Å²) in [7, 11) is 3.62. The molecule has 0 spiro atoms. The average molecular weight is 249 g/mol. The highest BCUT2D eigenvalue weighted by Gasteiger charge is 2.14. The molecule has 0 saturated heterocycles. The first-order valence-corrected chi connectivity index (χ1v) is 6.31. The Bertz CT molecular complexity index is 427. The molecule has 1 aromatic rings. The molecular formula is C15H23NO2. The zero-order valence-corrected chi connectivity index (χ0v) is 12.0. The molecule has 0 aliphatic rings. The Balaban J connectivity index is 2.98. The number of carbonyl (C=O) groups excluding carboxylic acids is 1. The fraction of sp³-hybridized carbons (Fsp3) is 0.533. The lowest BCUT2D eigenvalue weighted by atomic mass is 9.94. The summed E-state index contributed by atoms with van der Waals surface area (Å²) < 4.78 is 5.32. The first-order chi connectivity index (χ1) is 8.49. The Morgan fingerprint density at radius 1 is 1.33 bits per heavy atom. The third-order valence-electron chi connectivity index (χ3n) is 3.29. The summed E-state index contributed by atoms with van der Waals surface area (Å²) in [6, 6.07) is 4.43. The Morgan fingerprint density at radius 3 is 2.50 bits per heavy atom. The topological polar surface area (TPSA) is 38.3 Å². The van der Waals surface area contributed by atoms with Crippen molar-refractivity contribution in [3.8, 4) is 5.75 Å². The zero-order valence-electron chi connectivity index (χ0n) is 12.0. The van der Waals surface area contributed by atoms with E-state index in [1.807, 2.05) is 14.0 Å². The number of methoxy groups -OCH3 is 1. The molecule has 1 rings (SSSR count). The van der Waals surface area contributed by atoms with Crippen molar-refractivity contribution in [2.24, 2.45) is 0 Å². The number of aryl methyl sites for hydroxylation is 2. The summed E-state index contributed by atoms with van der Waals surface area (Å²) in [5.41, 5.74) is 3.57. The lowest BCUT2D eigenvalue weighted by Gasteiger charge is -2.20. The molecule has 0 saturated carbocycles. The van der Waals surface area contributed by atoms with Crippen molar-refractivity contribution in [3.63, 3.8) is 0 Å². The zero-order chi connectivity index (χ0) is 13.7. The van der Waals surface area contributed by atoms with Crippen LogP contribution in [-0.2, 0) is 4.79 Å². The number of ether oxygens (including phenoxy) is 1. The van der Waals surface area contributed by atoms with E-state index in [4.69, 9.17) is 4.74 Å². The second kappa shape index (κ2) is 6.55. The maximum absolute atomic E-state index is 11.1. The molecule has 1 N–H and O–H groups in total. The van der Waals surface area contributed by atoms with Crippen molar-refractivity contribution in [1.82, 2.24) is 5.32 Å². The number of benzene rings is 1. The van der Waals surface area contributed by atoms with Crippen LogP contribution < -0.4 is 10.1 Å². The first kappa shape index (κ1) is 14.7. The molecule has 0 amide bonds. The first-order valence-electron chi connectivity index (χ1n) is 6.31. The van der Waals surface area contributed by atoms with Crippen LogP contribution in [0.1, 0.15) is 42.5 Å². The van der Waals surface area contributed by atoms with Gasteiger partial charge in [0.25, 0.3) is 0 Å². The molecule has 3 nitrogen and oxygen atoms in total. The maximum Gasteiger partial charge on any atom is 0.129 e. The number of rotatable bonds is 6. The van der Waals surface area contributed by atoms with Gasteiger partial charge in [0.1, 0.15) is 11.5 Å². The number of carbonyl (C=O) groups is 1. The summed E-state index contributed by atoms with van der Waals surface area (Å²) in [5, 5.41) is 3.29. The second-order valence-corrected chi connectivity index (χ2v) is 4.76. The van der Waals surface area contributed by atoms with Crippen LogP contribution in [0.5, 0.6) is 5.75 Å². The van der Waals surface area contributed by atoms with E-state index in [1.165, 1.54) is 11.1 Å². The molecule has 3 heteroatoms. The second-order valence-electron chi connectivity index (χ2n) is 4.76. The Morgan fingerprint density at radius 2 is 2.00 bits per heavy atom.